The topological polar surface area (TPSA) is 103 Å². The van der Waals surface area contributed by atoms with E-state index in [9.17, 15) is 9.59 Å². The van der Waals surface area contributed by atoms with Crippen LogP contribution in [0.3, 0.4) is 0 Å². The highest BCUT2D eigenvalue weighted by Crippen LogP contribution is 2.05. The van der Waals surface area contributed by atoms with Gasteiger partial charge in [-0.3, -0.25) is 0 Å². The maximum absolute atomic E-state index is 9.55. The van der Waals surface area contributed by atoms with Gasteiger partial charge in [0.25, 0.3) is 0 Å². The third-order valence-corrected chi connectivity index (χ3v) is 1.70. The Morgan fingerprint density at radius 3 is 2.24 bits per heavy atom. The second kappa shape index (κ2) is 6.06. The highest BCUT2D eigenvalue weighted by Gasteiger charge is 1.88. The molecule has 0 aliphatic heterocycles. The number of aliphatic carboxylic acids is 2. The summed E-state index contributed by atoms with van der Waals surface area (Å²) in [6.45, 7) is 0. The number of hydrogen-bond acceptors (Lipinski definition) is 3. The standard InChI is InChI=1S/C7H6N2.C4H4O4/c1-2-4-7-6(3-1)8-5-9-7;5-3(6)1-2-4(7)8/h1-5H,(H,8,9);1-2H,(H,5,6)(H,7,8)/b;2-1+. The molecule has 0 bridgehead atoms. The van der Waals surface area contributed by atoms with Crippen LogP contribution in [0.2, 0.25) is 0 Å². The number of H-pyrrole nitrogens is 1. The van der Waals surface area contributed by atoms with E-state index in [2.05, 4.69) is 9.97 Å². The number of aromatic amines is 1. The van der Waals surface area contributed by atoms with Crippen molar-refractivity contribution in [3.05, 3.63) is 42.7 Å². The Hall–Kier alpha value is -2.63. The monoisotopic (exact) mass is 234 g/mol. The molecule has 0 unspecified atom stereocenters. The molecule has 0 aliphatic carbocycles. The molecule has 1 aromatic heterocycles. The molecule has 0 amide bonds. The van der Waals surface area contributed by atoms with Crippen molar-refractivity contribution in [3.63, 3.8) is 0 Å². The number of carboxylic acid groups (broad SMARTS) is 2. The van der Waals surface area contributed by atoms with Gasteiger partial charge in [-0.15, -0.1) is 0 Å². The molecule has 0 fully saturated rings. The molecule has 88 valence electrons. The van der Waals surface area contributed by atoms with Gasteiger partial charge >= 0.3 is 11.9 Å². The van der Waals surface area contributed by atoms with Gasteiger partial charge in [0, 0.05) is 12.2 Å². The lowest BCUT2D eigenvalue weighted by Gasteiger charge is -1.81. The summed E-state index contributed by atoms with van der Waals surface area (Å²) in [7, 11) is 0. The summed E-state index contributed by atoms with van der Waals surface area (Å²) >= 11 is 0. The fraction of sp³-hybridized carbons (Fsp3) is 0. The van der Waals surface area contributed by atoms with Crippen molar-refractivity contribution in [2.45, 2.75) is 0 Å². The zero-order valence-electron chi connectivity index (χ0n) is 8.70. The lowest BCUT2D eigenvalue weighted by Crippen LogP contribution is -1.91. The van der Waals surface area contributed by atoms with Crippen LogP contribution >= 0.6 is 0 Å². The molecule has 1 aromatic carbocycles. The predicted octanol–water partition coefficient (Wildman–Crippen LogP) is 1.27. The van der Waals surface area contributed by atoms with E-state index in [4.69, 9.17) is 10.2 Å². The lowest BCUT2D eigenvalue weighted by molar-refractivity contribution is -0.134. The summed E-state index contributed by atoms with van der Waals surface area (Å²) in [5.74, 6) is -2.51. The second-order valence-electron chi connectivity index (χ2n) is 2.93. The minimum atomic E-state index is -1.26. The highest BCUT2D eigenvalue weighted by molar-refractivity contribution is 5.89. The molecular weight excluding hydrogens is 224 g/mol. The van der Waals surface area contributed by atoms with Crippen LogP contribution in [0.25, 0.3) is 11.0 Å². The predicted molar refractivity (Wildman–Crippen MR) is 60.5 cm³/mol. The minimum Gasteiger partial charge on any atom is -0.478 e. The first-order valence-corrected chi connectivity index (χ1v) is 4.61. The van der Waals surface area contributed by atoms with E-state index in [1.54, 1.807) is 6.33 Å². The van der Waals surface area contributed by atoms with E-state index in [0.29, 0.717) is 12.2 Å². The van der Waals surface area contributed by atoms with Crippen LogP contribution in [0, 0.1) is 0 Å². The van der Waals surface area contributed by atoms with Gasteiger partial charge in [-0.1, -0.05) is 12.1 Å². The molecule has 0 radical (unpaired) electrons. The van der Waals surface area contributed by atoms with Crippen LogP contribution in [0.15, 0.2) is 42.7 Å². The molecular formula is C11H10N2O4. The number of fused-ring (bicyclic) bond motifs is 1. The summed E-state index contributed by atoms with van der Waals surface area (Å²) in [5, 5.41) is 15.6. The molecule has 17 heavy (non-hydrogen) atoms. The second-order valence-corrected chi connectivity index (χ2v) is 2.93. The van der Waals surface area contributed by atoms with Crippen molar-refractivity contribution in [3.8, 4) is 0 Å². The Bertz CT molecular complexity index is 499. The Morgan fingerprint density at radius 1 is 1.12 bits per heavy atom. The number of hydrogen-bond donors (Lipinski definition) is 3. The summed E-state index contributed by atoms with van der Waals surface area (Å²) in [6.07, 6.45) is 2.81. The zero-order valence-corrected chi connectivity index (χ0v) is 8.70. The summed E-state index contributed by atoms with van der Waals surface area (Å²) in [4.78, 5) is 26.2. The maximum Gasteiger partial charge on any atom is 0.328 e. The number of para-hydroxylation sites is 2. The van der Waals surface area contributed by atoms with E-state index in [1.165, 1.54) is 0 Å². The molecule has 2 rings (SSSR count). The first-order valence-electron chi connectivity index (χ1n) is 4.61. The molecule has 6 nitrogen and oxygen atoms in total. The smallest absolute Gasteiger partial charge is 0.328 e. The van der Waals surface area contributed by atoms with Crippen molar-refractivity contribution in [1.82, 2.24) is 9.97 Å². The number of nitrogens with zero attached hydrogens (tertiary/aromatic N) is 1. The number of rotatable bonds is 2. The van der Waals surface area contributed by atoms with Crippen LogP contribution in [0.4, 0.5) is 0 Å². The molecule has 0 saturated heterocycles. The quantitative estimate of drug-likeness (QED) is 0.679. The Balaban J connectivity index is 0.000000172. The van der Waals surface area contributed by atoms with Gasteiger partial charge in [-0.05, 0) is 12.1 Å². The number of benzene rings is 1. The molecule has 0 saturated carbocycles. The number of carbonyl (C=O) groups is 2. The van der Waals surface area contributed by atoms with E-state index in [0.717, 1.165) is 11.0 Å². The van der Waals surface area contributed by atoms with Gasteiger partial charge in [0.2, 0.25) is 0 Å². The zero-order chi connectivity index (χ0) is 12.7. The molecule has 2 aromatic rings. The van der Waals surface area contributed by atoms with E-state index in [-0.39, 0.29) is 0 Å². The molecule has 0 spiro atoms. The highest BCUT2D eigenvalue weighted by atomic mass is 16.4. The number of nitrogens with one attached hydrogen (secondary N) is 1. The van der Waals surface area contributed by atoms with Gasteiger partial charge in [-0.2, -0.15) is 0 Å². The Morgan fingerprint density at radius 2 is 1.71 bits per heavy atom. The first-order chi connectivity index (χ1) is 8.09. The van der Waals surface area contributed by atoms with Gasteiger partial charge in [0.1, 0.15) is 0 Å². The van der Waals surface area contributed by atoms with Crippen molar-refractivity contribution < 1.29 is 19.8 Å². The third kappa shape index (κ3) is 4.61. The summed E-state index contributed by atoms with van der Waals surface area (Å²) < 4.78 is 0. The van der Waals surface area contributed by atoms with Crippen LogP contribution in [-0.4, -0.2) is 32.1 Å². The average Bonchev–Trinajstić information content (AvgIpc) is 2.75. The SMILES string of the molecule is O=C(O)/C=C/C(=O)O.c1ccc2[nH]cnc2c1. The van der Waals surface area contributed by atoms with Gasteiger partial charge in [0.05, 0.1) is 17.4 Å². The largest absolute Gasteiger partial charge is 0.478 e. The van der Waals surface area contributed by atoms with E-state index in [1.807, 2.05) is 24.3 Å². The number of aromatic nitrogens is 2. The van der Waals surface area contributed by atoms with Crippen molar-refractivity contribution in [2.75, 3.05) is 0 Å². The van der Waals surface area contributed by atoms with Gasteiger partial charge in [0.15, 0.2) is 0 Å². The summed E-state index contributed by atoms with van der Waals surface area (Å²) in [5.41, 5.74) is 2.12. The van der Waals surface area contributed by atoms with Crippen LogP contribution < -0.4 is 0 Å². The molecule has 0 aliphatic rings. The maximum atomic E-state index is 9.55. The van der Waals surface area contributed by atoms with E-state index >= 15 is 0 Å². The lowest BCUT2D eigenvalue weighted by atomic mass is 10.3. The number of imidazole rings is 1. The summed E-state index contributed by atoms with van der Waals surface area (Å²) in [6, 6.07) is 7.94. The molecule has 1 heterocycles. The fourth-order valence-electron chi connectivity index (χ4n) is 1.02. The average molecular weight is 234 g/mol. The minimum absolute atomic E-state index is 0.558. The van der Waals surface area contributed by atoms with Crippen molar-refractivity contribution >= 4 is 23.0 Å². The third-order valence-electron chi connectivity index (χ3n) is 1.70. The Labute approximate surface area is 96.2 Å². The van der Waals surface area contributed by atoms with E-state index < -0.39 is 11.9 Å². The first kappa shape index (κ1) is 12.4. The fourth-order valence-corrected chi connectivity index (χ4v) is 1.02. The molecule has 6 heteroatoms. The van der Waals surface area contributed by atoms with Crippen LogP contribution in [0.5, 0.6) is 0 Å². The number of carboxylic acids is 2. The van der Waals surface area contributed by atoms with Gasteiger partial charge in [-0.25, -0.2) is 14.6 Å². The van der Waals surface area contributed by atoms with Crippen molar-refractivity contribution in [1.29, 1.82) is 0 Å². The Kier molecular flexibility index (Phi) is 4.44. The molecule has 0 atom stereocenters. The molecule has 3 N–H and O–H groups in total. The van der Waals surface area contributed by atoms with Crippen LogP contribution in [-0.2, 0) is 9.59 Å². The van der Waals surface area contributed by atoms with Crippen molar-refractivity contribution in [2.24, 2.45) is 0 Å². The van der Waals surface area contributed by atoms with Gasteiger partial charge < -0.3 is 15.2 Å². The normalized spacial score (nSPS) is 9.88. The van der Waals surface area contributed by atoms with Crippen LogP contribution in [0.1, 0.15) is 0 Å².